The average molecular weight is 1280 g/mol. The van der Waals surface area contributed by atoms with Crippen molar-refractivity contribution in [2.75, 3.05) is 0 Å². The molecule has 2 aliphatic rings. The second kappa shape index (κ2) is 49.2. The van der Waals surface area contributed by atoms with Gasteiger partial charge in [-0.2, -0.15) is 0 Å². The molecule has 0 unspecified atom stereocenters. The standard InChI is InChI=1S/C86H146S3/c1-5-9-13-17-21-25-29-33-37-41-45-49-53-57-61-69-85(70-62-58-54-50-46-42-38-34-30-26-22-18-14-10-6-2)77-67-73-87-81(77)75-65-66-76-80-84(89-82(76)79(75)85)83-78(68-74-88-83)86(80,71-63-59-55-51-47-43-39-35-31-27-23-19-15-11-7-3)72-64-60-56-52-48-44-40-36-32-28-24-20-16-12-8-4/h65-68,73-74H,5-64,69-72H2,1-4H3. The van der Waals surface area contributed by atoms with E-state index in [4.69, 9.17) is 0 Å². The van der Waals surface area contributed by atoms with Crippen LogP contribution in [0.2, 0.25) is 0 Å². The van der Waals surface area contributed by atoms with E-state index in [1.165, 1.54) is 411 Å². The summed E-state index contributed by atoms with van der Waals surface area (Å²) in [6.07, 6.45) is 91.8. The predicted molar refractivity (Wildman–Crippen MR) is 408 cm³/mol. The molecule has 0 radical (unpaired) electrons. The highest BCUT2D eigenvalue weighted by atomic mass is 32.1. The van der Waals surface area contributed by atoms with Crippen LogP contribution in [0.1, 0.15) is 461 Å². The van der Waals surface area contributed by atoms with Crippen LogP contribution in [0.4, 0.5) is 0 Å². The van der Waals surface area contributed by atoms with Gasteiger partial charge >= 0.3 is 0 Å². The van der Waals surface area contributed by atoms with Crippen LogP contribution in [0.3, 0.4) is 0 Å². The molecule has 3 heteroatoms. The highest BCUT2D eigenvalue weighted by Crippen LogP contribution is 2.65. The number of unbranched alkanes of at least 4 members (excludes halogenated alkanes) is 56. The van der Waals surface area contributed by atoms with Gasteiger partial charge in [-0.3, -0.25) is 0 Å². The van der Waals surface area contributed by atoms with Crippen LogP contribution in [0.15, 0.2) is 35.0 Å². The summed E-state index contributed by atoms with van der Waals surface area (Å²) in [5.41, 5.74) is 9.03. The van der Waals surface area contributed by atoms with Gasteiger partial charge in [0.15, 0.2) is 0 Å². The predicted octanol–water partition coefficient (Wildman–Crippen LogP) is 32.6. The molecule has 0 saturated heterocycles. The van der Waals surface area contributed by atoms with E-state index in [1.807, 2.05) is 0 Å². The Morgan fingerprint density at radius 1 is 0.236 bits per heavy atom. The van der Waals surface area contributed by atoms with E-state index in [0.29, 0.717) is 0 Å². The lowest BCUT2D eigenvalue weighted by molar-refractivity contribution is 0.398. The third-order valence-electron chi connectivity index (χ3n) is 22.5. The lowest BCUT2D eigenvalue weighted by atomic mass is 9.69. The zero-order valence-corrected chi connectivity index (χ0v) is 62.4. The van der Waals surface area contributed by atoms with Crippen molar-refractivity contribution in [3.8, 4) is 20.2 Å². The Bertz CT molecular complexity index is 2210. The molecule has 0 nitrogen and oxygen atoms in total. The fourth-order valence-electron chi connectivity index (χ4n) is 17.0. The van der Waals surface area contributed by atoms with Crippen LogP contribution in [-0.2, 0) is 10.8 Å². The summed E-state index contributed by atoms with van der Waals surface area (Å²) in [6, 6.07) is 10.7. The Morgan fingerprint density at radius 2 is 0.472 bits per heavy atom. The zero-order chi connectivity index (χ0) is 62.4. The molecule has 89 heavy (non-hydrogen) atoms. The molecule has 508 valence electrons. The third-order valence-corrected chi connectivity index (χ3v) is 25.7. The van der Waals surface area contributed by atoms with Crippen LogP contribution in [0, 0.1) is 0 Å². The first-order valence-corrected chi connectivity index (χ1v) is 43.5. The maximum Gasteiger partial charge on any atom is 0.0499 e. The second-order valence-corrected chi connectivity index (χ2v) is 32.8. The maximum absolute atomic E-state index is 2.70. The lowest BCUT2D eigenvalue weighted by Crippen LogP contribution is -2.26. The fourth-order valence-corrected chi connectivity index (χ4v) is 20.7. The van der Waals surface area contributed by atoms with Gasteiger partial charge in [0.05, 0.1) is 0 Å². The summed E-state index contributed by atoms with van der Waals surface area (Å²) in [7, 11) is 0. The molecule has 3 heterocycles. The zero-order valence-electron chi connectivity index (χ0n) is 59.9. The van der Waals surface area contributed by atoms with Crippen LogP contribution in [-0.4, -0.2) is 0 Å². The molecule has 0 amide bonds. The van der Waals surface area contributed by atoms with Gasteiger partial charge in [0, 0.05) is 30.2 Å². The number of rotatable bonds is 64. The summed E-state index contributed by atoms with van der Waals surface area (Å²) in [6.45, 7) is 9.34. The number of thiophene rings is 3. The normalized spacial score (nSPS) is 13.8. The first-order valence-electron chi connectivity index (χ1n) is 40.9. The highest BCUT2D eigenvalue weighted by molar-refractivity contribution is 7.26. The van der Waals surface area contributed by atoms with Crippen LogP contribution < -0.4 is 0 Å². The maximum atomic E-state index is 2.70. The Balaban J connectivity index is 1.13. The molecule has 0 atom stereocenters. The van der Waals surface area contributed by atoms with Crippen molar-refractivity contribution >= 4 is 44.1 Å². The number of benzene rings is 1. The SMILES string of the molecule is CCCCCCCCCCCCCCCCCC1(CCCCCCCCCCCCCCCCC)c2ccsc2-c2sc3c4c(ccc3c21)-c1sccc1C4(CCCCCCCCCCCCCCCCC)CCCCCCCCCCCCCCCCC. The Labute approximate surface area is 567 Å². The van der Waals surface area contributed by atoms with Crippen LogP contribution in [0.25, 0.3) is 30.3 Å². The Hall–Kier alpha value is -1.42. The quantitative estimate of drug-likeness (QED) is 0.0387. The largest absolute Gasteiger partial charge is 0.143 e. The van der Waals surface area contributed by atoms with Crippen molar-refractivity contribution in [2.24, 2.45) is 0 Å². The van der Waals surface area contributed by atoms with Crippen molar-refractivity contribution in [1.82, 2.24) is 0 Å². The molecule has 0 bridgehead atoms. The van der Waals surface area contributed by atoms with Crippen molar-refractivity contribution in [3.63, 3.8) is 0 Å². The molecular weight excluding hydrogens is 1130 g/mol. The number of hydrogen-bond acceptors (Lipinski definition) is 3. The number of fused-ring (bicyclic) bond motifs is 9. The van der Waals surface area contributed by atoms with Crippen molar-refractivity contribution in [2.45, 2.75) is 449 Å². The van der Waals surface area contributed by atoms with Crippen molar-refractivity contribution in [1.29, 1.82) is 0 Å². The van der Waals surface area contributed by atoms with Gasteiger partial charge in [-0.25, -0.2) is 0 Å². The van der Waals surface area contributed by atoms with Crippen molar-refractivity contribution in [3.05, 3.63) is 57.3 Å². The lowest BCUT2D eigenvalue weighted by Gasteiger charge is -2.34. The first-order chi connectivity index (χ1) is 44.2. The Morgan fingerprint density at radius 3 is 0.753 bits per heavy atom. The molecule has 0 N–H and O–H groups in total. The summed E-state index contributed by atoms with van der Waals surface area (Å²) >= 11 is 6.46. The van der Waals surface area contributed by atoms with Gasteiger partial charge in [-0.05, 0) is 81.8 Å². The van der Waals surface area contributed by atoms with Crippen molar-refractivity contribution < 1.29 is 0 Å². The van der Waals surface area contributed by atoms with Gasteiger partial charge in [0.25, 0.3) is 0 Å². The summed E-state index contributed by atoms with van der Waals surface area (Å²) in [5, 5.41) is 6.67. The van der Waals surface area contributed by atoms with Crippen LogP contribution >= 0.6 is 34.0 Å². The molecule has 0 saturated carbocycles. The van der Waals surface area contributed by atoms with Gasteiger partial charge in [-0.15, -0.1) is 34.0 Å². The summed E-state index contributed by atoms with van der Waals surface area (Å²) < 4.78 is 1.72. The van der Waals surface area contributed by atoms with E-state index in [9.17, 15) is 0 Å². The van der Waals surface area contributed by atoms with Crippen LogP contribution in [0.5, 0.6) is 0 Å². The topological polar surface area (TPSA) is 0 Å². The van der Waals surface area contributed by atoms with Gasteiger partial charge < -0.3 is 0 Å². The van der Waals surface area contributed by atoms with E-state index >= 15 is 0 Å². The number of hydrogen-bond donors (Lipinski definition) is 0. The molecular formula is C86H146S3. The molecule has 6 rings (SSSR count). The monoisotopic (exact) mass is 1280 g/mol. The van der Waals surface area contributed by atoms with E-state index < -0.39 is 0 Å². The first kappa shape index (κ1) is 76.6. The Kier molecular flexibility index (Phi) is 42.3. The summed E-state index contributed by atoms with van der Waals surface area (Å²) in [5.74, 6) is 0. The molecule has 4 aromatic rings. The minimum Gasteiger partial charge on any atom is -0.143 e. The van der Waals surface area contributed by atoms with E-state index in [-0.39, 0.29) is 10.8 Å². The average Bonchev–Trinajstić information content (AvgIpc) is 1.53. The summed E-state index contributed by atoms with van der Waals surface area (Å²) in [4.78, 5) is 5.00. The second-order valence-electron chi connectivity index (χ2n) is 30.0. The minimum absolute atomic E-state index is 0.152. The minimum atomic E-state index is 0.152. The van der Waals surface area contributed by atoms with E-state index in [1.54, 1.807) is 52.5 Å². The molecule has 3 aromatic heterocycles. The third kappa shape index (κ3) is 27.0. The molecule has 0 aliphatic heterocycles. The molecule has 1 aromatic carbocycles. The fraction of sp³-hybridized carbons (Fsp3) is 0.814. The smallest absolute Gasteiger partial charge is 0.0499 e. The van der Waals surface area contributed by atoms with E-state index in [2.05, 4.69) is 96.7 Å². The molecule has 2 aliphatic carbocycles. The molecule has 0 fully saturated rings. The molecule has 0 spiro atoms. The van der Waals surface area contributed by atoms with E-state index in [0.717, 1.165) is 0 Å². The highest BCUT2D eigenvalue weighted by Gasteiger charge is 2.49. The van der Waals surface area contributed by atoms with Gasteiger partial charge in [-0.1, -0.05) is 425 Å². The van der Waals surface area contributed by atoms with Gasteiger partial charge in [0.1, 0.15) is 0 Å². The van der Waals surface area contributed by atoms with Gasteiger partial charge in [0.2, 0.25) is 0 Å².